The standard InChI is InChI=1S/C19H22FN3O4S/c1-3-23(4-2)28(26,27)16-12-14(10-11-15(16)20)19(25)22-17(18(21)24)13-8-6-5-7-9-13/h5-12,17H,3-4H2,1-2H3,(H2,21,24)(H,22,25). The fourth-order valence-electron chi connectivity index (χ4n) is 2.72. The molecule has 0 aliphatic rings. The maximum absolute atomic E-state index is 14.2. The fourth-order valence-corrected chi connectivity index (χ4v) is 4.27. The zero-order valence-electron chi connectivity index (χ0n) is 15.6. The van der Waals surface area contributed by atoms with Gasteiger partial charge in [-0.05, 0) is 23.8 Å². The number of nitrogens with one attached hydrogen (secondary N) is 1. The molecule has 0 saturated heterocycles. The molecule has 2 aromatic rings. The molecule has 2 rings (SSSR count). The van der Waals surface area contributed by atoms with Crippen LogP contribution in [0.1, 0.15) is 35.8 Å². The first-order valence-electron chi connectivity index (χ1n) is 8.67. The number of nitrogens with two attached hydrogens (primary N) is 1. The first-order valence-corrected chi connectivity index (χ1v) is 10.1. The first kappa shape index (κ1) is 21.5. The Hall–Kier alpha value is -2.78. The van der Waals surface area contributed by atoms with Crippen LogP contribution in [0.4, 0.5) is 4.39 Å². The minimum absolute atomic E-state index is 0.102. The lowest BCUT2D eigenvalue weighted by Gasteiger charge is -2.20. The molecule has 1 atom stereocenters. The highest BCUT2D eigenvalue weighted by Crippen LogP contribution is 2.21. The van der Waals surface area contributed by atoms with Gasteiger partial charge in [0.15, 0.2) is 0 Å². The Labute approximate surface area is 163 Å². The van der Waals surface area contributed by atoms with Crippen LogP contribution in [0.15, 0.2) is 53.4 Å². The second kappa shape index (κ2) is 8.94. The lowest BCUT2D eigenvalue weighted by molar-refractivity contribution is -0.120. The first-order chi connectivity index (χ1) is 13.2. The van der Waals surface area contributed by atoms with Gasteiger partial charge >= 0.3 is 0 Å². The molecule has 3 N–H and O–H groups in total. The predicted molar refractivity (Wildman–Crippen MR) is 102 cm³/mol. The van der Waals surface area contributed by atoms with Crippen LogP contribution in [-0.4, -0.2) is 37.6 Å². The van der Waals surface area contributed by atoms with E-state index in [-0.39, 0.29) is 18.7 Å². The van der Waals surface area contributed by atoms with Crippen molar-refractivity contribution in [2.75, 3.05) is 13.1 Å². The molecule has 0 spiro atoms. The molecule has 0 aliphatic carbocycles. The van der Waals surface area contributed by atoms with Crippen molar-refractivity contribution >= 4 is 21.8 Å². The van der Waals surface area contributed by atoms with Crippen molar-refractivity contribution in [1.82, 2.24) is 9.62 Å². The highest BCUT2D eigenvalue weighted by Gasteiger charge is 2.27. The number of carbonyl (C=O) groups is 2. The second-order valence-electron chi connectivity index (χ2n) is 5.95. The molecule has 28 heavy (non-hydrogen) atoms. The number of hydrogen-bond acceptors (Lipinski definition) is 4. The summed E-state index contributed by atoms with van der Waals surface area (Å²) in [6, 6.07) is 10.3. The predicted octanol–water partition coefficient (Wildman–Crippen LogP) is 1.81. The van der Waals surface area contributed by atoms with Crippen molar-refractivity contribution in [3.63, 3.8) is 0 Å². The zero-order chi connectivity index (χ0) is 20.9. The number of rotatable bonds is 8. The van der Waals surface area contributed by atoms with E-state index in [0.717, 1.165) is 22.5 Å². The molecular formula is C19H22FN3O4S. The van der Waals surface area contributed by atoms with Gasteiger partial charge < -0.3 is 11.1 Å². The van der Waals surface area contributed by atoms with Gasteiger partial charge in [-0.2, -0.15) is 4.31 Å². The van der Waals surface area contributed by atoms with Crippen molar-refractivity contribution in [3.05, 3.63) is 65.5 Å². The van der Waals surface area contributed by atoms with Gasteiger partial charge in [0.05, 0.1) is 0 Å². The van der Waals surface area contributed by atoms with Gasteiger partial charge in [-0.15, -0.1) is 0 Å². The summed E-state index contributed by atoms with van der Waals surface area (Å²) in [4.78, 5) is 23.7. The molecular weight excluding hydrogens is 385 g/mol. The smallest absolute Gasteiger partial charge is 0.252 e. The van der Waals surface area contributed by atoms with E-state index in [1.54, 1.807) is 44.2 Å². The average Bonchev–Trinajstić information content (AvgIpc) is 2.67. The SMILES string of the molecule is CCN(CC)S(=O)(=O)c1cc(C(=O)NC(C(N)=O)c2ccccc2)ccc1F. The molecule has 0 saturated carbocycles. The molecule has 9 heteroatoms. The summed E-state index contributed by atoms with van der Waals surface area (Å²) in [5.74, 6) is -2.49. The van der Waals surface area contributed by atoms with Crippen LogP contribution < -0.4 is 11.1 Å². The van der Waals surface area contributed by atoms with E-state index in [1.165, 1.54) is 0 Å². The third-order valence-corrected chi connectivity index (χ3v) is 6.27. The highest BCUT2D eigenvalue weighted by molar-refractivity contribution is 7.89. The number of benzene rings is 2. The lowest BCUT2D eigenvalue weighted by Crippen LogP contribution is -2.37. The molecule has 7 nitrogen and oxygen atoms in total. The zero-order valence-corrected chi connectivity index (χ0v) is 16.4. The Morgan fingerprint density at radius 3 is 2.25 bits per heavy atom. The van der Waals surface area contributed by atoms with Crippen molar-refractivity contribution in [2.45, 2.75) is 24.8 Å². The number of nitrogens with zero attached hydrogens (tertiary/aromatic N) is 1. The molecule has 1 unspecified atom stereocenters. The average molecular weight is 407 g/mol. The van der Waals surface area contributed by atoms with E-state index in [0.29, 0.717) is 5.56 Å². The summed E-state index contributed by atoms with van der Waals surface area (Å²) < 4.78 is 40.5. The molecule has 150 valence electrons. The number of amides is 2. The van der Waals surface area contributed by atoms with Crippen LogP contribution >= 0.6 is 0 Å². The quantitative estimate of drug-likeness (QED) is 0.695. The van der Waals surface area contributed by atoms with Crippen LogP contribution in [0.5, 0.6) is 0 Å². The van der Waals surface area contributed by atoms with Crippen LogP contribution in [0.2, 0.25) is 0 Å². The number of hydrogen-bond donors (Lipinski definition) is 2. The Morgan fingerprint density at radius 1 is 1.11 bits per heavy atom. The molecule has 0 aliphatic heterocycles. The van der Waals surface area contributed by atoms with E-state index in [9.17, 15) is 22.4 Å². The van der Waals surface area contributed by atoms with E-state index < -0.39 is 38.6 Å². The molecule has 2 aromatic carbocycles. The maximum atomic E-state index is 14.2. The van der Waals surface area contributed by atoms with Gasteiger partial charge in [0.2, 0.25) is 15.9 Å². The van der Waals surface area contributed by atoms with E-state index in [4.69, 9.17) is 5.73 Å². The van der Waals surface area contributed by atoms with Gasteiger partial charge in [0.1, 0.15) is 16.8 Å². The minimum atomic E-state index is -4.10. The molecule has 0 aromatic heterocycles. The van der Waals surface area contributed by atoms with Crippen molar-refractivity contribution in [2.24, 2.45) is 5.73 Å². The monoisotopic (exact) mass is 407 g/mol. The molecule has 0 bridgehead atoms. The van der Waals surface area contributed by atoms with Crippen molar-refractivity contribution in [3.8, 4) is 0 Å². The second-order valence-corrected chi connectivity index (χ2v) is 7.86. The molecule has 0 fully saturated rings. The number of primary amides is 1. The number of carbonyl (C=O) groups excluding carboxylic acids is 2. The normalized spacial score (nSPS) is 12.6. The molecule has 0 radical (unpaired) electrons. The Kier molecular flexibility index (Phi) is 6.87. The van der Waals surface area contributed by atoms with Gasteiger partial charge in [0.25, 0.3) is 5.91 Å². The highest BCUT2D eigenvalue weighted by atomic mass is 32.2. The summed E-state index contributed by atoms with van der Waals surface area (Å²) >= 11 is 0. The van der Waals surface area contributed by atoms with Gasteiger partial charge in [-0.25, -0.2) is 12.8 Å². The van der Waals surface area contributed by atoms with Crippen LogP contribution in [-0.2, 0) is 14.8 Å². The van der Waals surface area contributed by atoms with Gasteiger partial charge in [-0.1, -0.05) is 44.2 Å². The third kappa shape index (κ3) is 4.55. The van der Waals surface area contributed by atoms with Crippen LogP contribution in [0.3, 0.4) is 0 Å². The van der Waals surface area contributed by atoms with Crippen LogP contribution in [0, 0.1) is 5.82 Å². The van der Waals surface area contributed by atoms with E-state index >= 15 is 0 Å². The minimum Gasteiger partial charge on any atom is -0.368 e. The Morgan fingerprint density at radius 2 is 1.71 bits per heavy atom. The summed E-state index contributed by atoms with van der Waals surface area (Å²) in [6.07, 6.45) is 0. The summed E-state index contributed by atoms with van der Waals surface area (Å²) in [7, 11) is -4.10. The van der Waals surface area contributed by atoms with E-state index in [1.807, 2.05) is 0 Å². The van der Waals surface area contributed by atoms with E-state index in [2.05, 4.69) is 5.32 Å². The number of sulfonamides is 1. The summed E-state index contributed by atoms with van der Waals surface area (Å²) in [5.41, 5.74) is 5.75. The van der Waals surface area contributed by atoms with Gasteiger partial charge in [-0.3, -0.25) is 9.59 Å². The lowest BCUT2D eigenvalue weighted by atomic mass is 10.1. The Bertz CT molecular complexity index is 960. The van der Waals surface area contributed by atoms with Crippen molar-refractivity contribution < 1.29 is 22.4 Å². The maximum Gasteiger partial charge on any atom is 0.252 e. The number of halogens is 1. The van der Waals surface area contributed by atoms with Gasteiger partial charge in [0, 0.05) is 18.7 Å². The fraction of sp³-hybridized carbons (Fsp3) is 0.263. The largest absolute Gasteiger partial charge is 0.368 e. The van der Waals surface area contributed by atoms with Crippen LogP contribution in [0.25, 0.3) is 0 Å². The molecule has 0 heterocycles. The van der Waals surface area contributed by atoms with Crippen molar-refractivity contribution in [1.29, 1.82) is 0 Å². The third-order valence-electron chi connectivity index (χ3n) is 4.21. The Balaban J connectivity index is 2.38. The molecule has 2 amide bonds. The summed E-state index contributed by atoms with van der Waals surface area (Å²) in [5, 5.41) is 2.46. The topological polar surface area (TPSA) is 110 Å². The summed E-state index contributed by atoms with van der Waals surface area (Å²) in [6.45, 7) is 3.58.